The maximum atomic E-state index is 12.6. The fourth-order valence-electron chi connectivity index (χ4n) is 2.64. The van der Waals surface area contributed by atoms with E-state index in [2.05, 4.69) is 20.8 Å². The summed E-state index contributed by atoms with van der Waals surface area (Å²) in [6.07, 6.45) is 1.48. The maximum Gasteiger partial charge on any atom is 0.251 e. The molecule has 0 aliphatic carbocycles. The van der Waals surface area contributed by atoms with E-state index in [1.807, 2.05) is 43.3 Å². The topological polar surface area (TPSA) is 85.8 Å². The number of furan rings is 1. The van der Waals surface area contributed by atoms with Crippen LogP contribution < -0.4 is 5.32 Å². The van der Waals surface area contributed by atoms with Crippen LogP contribution in [0.3, 0.4) is 0 Å². The van der Waals surface area contributed by atoms with Crippen molar-refractivity contribution < 1.29 is 9.21 Å². The highest BCUT2D eigenvalue weighted by molar-refractivity contribution is 5.95. The molecule has 124 valence electrons. The highest BCUT2D eigenvalue weighted by Gasteiger charge is 2.16. The van der Waals surface area contributed by atoms with Crippen LogP contribution in [0.25, 0.3) is 16.7 Å². The average Bonchev–Trinajstić information content (AvgIpc) is 3.31. The second kappa shape index (κ2) is 6.20. The summed E-state index contributed by atoms with van der Waals surface area (Å²) in [6, 6.07) is 16.5. The Balaban J connectivity index is 1.54. The molecule has 2 heterocycles. The molecule has 0 fully saturated rings. The minimum atomic E-state index is -0.253. The second-order valence-electron chi connectivity index (χ2n) is 5.69. The first kappa shape index (κ1) is 15.1. The molecule has 2 aromatic carbocycles. The Morgan fingerprint density at radius 2 is 2.04 bits per heavy atom. The third-order valence-corrected chi connectivity index (χ3v) is 3.94. The lowest BCUT2D eigenvalue weighted by Crippen LogP contribution is -2.26. The molecule has 0 radical (unpaired) electrons. The fourth-order valence-corrected chi connectivity index (χ4v) is 2.64. The zero-order valence-electron chi connectivity index (χ0n) is 13.5. The number of rotatable bonds is 4. The number of amides is 1. The molecule has 4 aromatic rings. The molecule has 0 saturated carbocycles. The Hall–Kier alpha value is -3.48. The SMILES string of the molecule is CC(NC(=O)c1cccc(-n2cnnn2)c1)c1cc2ccccc2o1. The number of nitrogens with zero attached hydrogens (tertiary/aromatic N) is 4. The van der Waals surface area contributed by atoms with Gasteiger partial charge in [-0.1, -0.05) is 24.3 Å². The van der Waals surface area contributed by atoms with Gasteiger partial charge in [0, 0.05) is 10.9 Å². The van der Waals surface area contributed by atoms with Crippen molar-refractivity contribution in [3.63, 3.8) is 0 Å². The van der Waals surface area contributed by atoms with Gasteiger partial charge in [0.2, 0.25) is 0 Å². The first-order valence-corrected chi connectivity index (χ1v) is 7.83. The van der Waals surface area contributed by atoms with Gasteiger partial charge in [-0.2, -0.15) is 0 Å². The van der Waals surface area contributed by atoms with Crippen LogP contribution in [0.2, 0.25) is 0 Å². The van der Waals surface area contributed by atoms with Gasteiger partial charge in [-0.3, -0.25) is 4.79 Å². The molecular formula is C18H15N5O2. The number of aromatic nitrogens is 4. The summed E-state index contributed by atoms with van der Waals surface area (Å²) in [5, 5.41) is 15.0. The van der Waals surface area contributed by atoms with Gasteiger partial charge in [0.25, 0.3) is 5.91 Å². The first-order valence-electron chi connectivity index (χ1n) is 7.83. The maximum absolute atomic E-state index is 12.6. The lowest BCUT2D eigenvalue weighted by Gasteiger charge is -2.12. The lowest BCUT2D eigenvalue weighted by molar-refractivity contribution is 0.0935. The Morgan fingerprint density at radius 1 is 1.16 bits per heavy atom. The molecule has 0 aliphatic heterocycles. The summed E-state index contributed by atoms with van der Waals surface area (Å²) in [5.74, 6) is 0.522. The van der Waals surface area contributed by atoms with Crippen LogP contribution in [0.5, 0.6) is 0 Å². The van der Waals surface area contributed by atoms with Gasteiger partial charge in [-0.05, 0) is 47.7 Å². The third-order valence-electron chi connectivity index (χ3n) is 3.94. The molecule has 1 atom stereocenters. The standard InChI is InChI=1S/C18H15N5O2/c1-12(17-10-13-5-2-3-8-16(13)25-17)20-18(24)14-6-4-7-15(9-14)23-11-19-21-22-23/h2-12H,1H3,(H,20,24). The number of benzene rings is 2. The van der Waals surface area contributed by atoms with Gasteiger partial charge >= 0.3 is 0 Å². The van der Waals surface area contributed by atoms with Gasteiger partial charge in [-0.25, -0.2) is 4.68 Å². The number of carbonyl (C=O) groups is 1. The van der Waals surface area contributed by atoms with Crippen molar-refractivity contribution >= 4 is 16.9 Å². The smallest absolute Gasteiger partial charge is 0.251 e. The van der Waals surface area contributed by atoms with E-state index in [1.165, 1.54) is 11.0 Å². The van der Waals surface area contributed by atoms with E-state index in [9.17, 15) is 4.79 Å². The summed E-state index contributed by atoms with van der Waals surface area (Å²) in [4.78, 5) is 12.6. The fraction of sp³-hybridized carbons (Fsp3) is 0.111. The van der Waals surface area contributed by atoms with E-state index < -0.39 is 0 Å². The van der Waals surface area contributed by atoms with Crippen LogP contribution in [-0.4, -0.2) is 26.1 Å². The molecular weight excluding hydrogens is 318 g/mol. The zero-order valence-corrected chi connectivity index (χ0v) is 13.5. The summed E-state index contributed by atoms with van der Waals surface area (Å²) in [5.41, 5.74) is 2.05. The summed E-state index contributed by atoms with van der Waals surface area (Å²) in [7, 11) is 0. The number of tetrazole rings is 1. The van der Waals surface area contributed by atoms with Crippen molar-refractivity contribution in [3.8, 4) is 5.69 Å². The number of nitrogens with one attached hydrogen (secondary N) is 1. The van der Waals surface area contributed by atoms with Crippen LogP contribution in [0.1, 0.15) is 29.1 Å². The average molecular weight is 333 g/mol. The number of hydrogen-bond donors (Lipinski definition) is 1. The number of carbonyl (C=O) groups excluding carboxylic acids is 1. The largest absolute Gasteiger partial charge is 0.459 e. The molecule has 1 N–H and O–H groups in total. The molecule has 2 aromatic heterocycles. The molecule has 7 heteroatoms. The Bertz CT molecular complexity index is 990. The molecule has 0 bridgehead atoms. The van der Waals surface area contributed by atoms with E-state index in [1.54, 1.807) is 18.2 Å². The molecule has 0 spiro atoms. The van der Waals surface area contributed by atoms with Crippen LogP contribution in [0.4, 0.5) is 0 Å². The predicted octanol–water partition coefficient (Wildman–Crippen LogP) is 2.90. The van der Waals surface area contributed by atoms with Crippen molar-refractivity contribution in [2.24, 2.45) is 0 Å². The lowest BCUT2D eigenvalue weighted by atomic mass is 10.1. The third kappa shape index (κ3) is 2.99. The zero-order chi connectivity index (χ0) is 17.2. The van der Waals surface area contributed by atoms with Gasteiger partial charge < -0.3 is 9.73 Å². The van der Waals surface area contributed by atoms with Gasteiger partial charge in [0.1, 0.15) is 17.7 Å². The van der Waals surface area contributed by atoms with Crippen LogP contribution >= 0.6 is 0 Å². The van der Waals surface area contributed by atoms with Gasteiger partial charge in [0.15, 0.2) is 0 Å². The van der Waals surface area contributed by atoms with E-state index in [0.29, 0.717) is 17.0 Å². The molecule has 1 unspecified atom stereocenters. The normalized spacial score (nSPS) is 12.2. The molecule has 4 rings (SSSR count). The molecule has 25 heavy (non-hydrogen) atoms. The quantitative estimate of drug-likeness (QED) is 0.620. The summed E-state index contributed by atoms with van der Waals surface area (Å²) in [6.45, 7) is 1.89. The molecule has 0 aliphatic rings. The monoisotopic (exact) mass is 333 g/mol. The van der Waals surface area contributed by atoms with Crippen molar-refractivity contribution in [3.05, 3.63) is 72.2 Å². The first-order chi connectivity index (χ1) is 12.2. The van der Waals surface area contributed by atoms with Crippen molar-refractivity contribution in [1.82, 2.24) is 25.5 Å². The van der Waals surface area contributed by atoms with Gasteiger partial charge in [0.05, 0.1) is 11.7 Å². The predicted molar refractivity (Wildman–Crippen MR) is 91.2 cm³/mol. The van der Waals surface area contributed by atoms with E-state index in [0.717, 1.165) is 11.0 Å². The Morgan fingerprint density at radius 3 is 2.84 bits per heavy atom. The highest BCUT2D eigenvalue weighted by Crippen LogP contribution is 2.23. The van der Waals surface area contributed by atoms with E-state index in [4.69, 9.17) is 4.42 Å². The van der Waals surface area contributed by atoms with Crippen LogP contribution in [-0.2, 0) is 0 Å². The second-order valence-corrected chi connectivity index (χ2v) is 5.69. The van der Waals surface area contributed by atoms with Crippen LogP contribution in [0.15, 0.2) is 65.3 Å². The van der Waals surface area contributed by atoms with Crippen molar-refractivity contribution in [2.45, 2.75) is 13.0 Å². The molecule has 7 nitrogen and oxygen atoms in total. The van der Waals surface area contributed by atoms with E-state index in [-0.39, 0.29) is 11.9 Å². The number of hydrogen-bond acceptors (Lipinski definition) is 5. The molecule has 0 saturated heterocycles. The summed E-state index contributed by atoms with van der Waals surface area (Å²) < 4.78 is 7.30. The van der Waals surface area contributed by atoms with Gasteiger partial charge in [-0.15, -0.1) is 5.10 Å². The number of fused-ring (bicyclic) bond motifs is 1. The van der Waals surface area contributed by atoms with Crippen molar-refractivity contribution in [2.75, 3.05) is 0 Å². The Kier molecular flexibility index (Phi) is 3.74. The number of para-hydroxylation sites is 1. The minimum Gasteiger partial charge on any atom is -0.459 e. The van der Waals surface area contributed by atoms with Crippen LogP contribution in [0, 0.1) is 0 Å². The van der Waals surface area contributed by atoms with Crippen molar-refractivity contribution in [1.29, 1.82) is 0 Å². The summed E-state index contributed by atoms with van der Waals surface area (Å²) >= 11 is 0. The Labute approximate surface area is 143 Å². The molecule has 1 amide bonds. The highest BCUT2D eigenvalue weighted by atomic mass is 16.3. The minimum absolute atomic E-state index is 0.192. The van der Waals surface area contributed by atoms with E-state index >= 15 is 0 Å².